The zero-order valence-corrected chi connectivity index (χ0v) is 73.1. The molecule has 4 saturated carbocycles. The summed E-state index contributed by atoms with van der Waals surface area (Å²) >= 11 is 14.4. The molecule has 4 aromatic carbocycles. The Hall–Kier alpha value is -9.96. The first-order valence-electron chi connectivity index (χ1n) is 41.6. The first-order chi connectivity index (χ1) is 58.5. The maximum Gasteiger partial charge on any atom is 0.410 e. The highest BCUT2D eigenvalue weighted by atomic mass is 35.5. The summed E-state index contributed by atoms with van der Waals surface area (Å²) in [6.45, 7) is 19.0. The second-order valence-corrected chi connectivity index (χ2v) is 37.4. The van der Waals surface area contributed by atoms with Gasteiger partial charge in [0.05, 0.1) is 40.3 Å². The number of hydrogen-bond donors (Lipinski definition) is 18. The van der Waals surface area contributed by atoms with Crippen molar-refractivity contribution in [1.29, 1.82) is 0 Å². The first-order valence-corrected chi connectivity index (χ1v) is 42.4. The molecule has 1 saturated heterocycles. The van der Waals surface area contributed by atoms with Gasteiger partial charge in [0.1, 0.15) is 107 Å². The van der Waals surface area contributed by atoms with Gasteiger partial charge in [-0.1, -0.05) is 69.1 Å². The van der Waals surface area contributed by atoms with Crippen LogP contribution in [0.5, 0.6) is 34.5 Å². The summed E-state index contributed by atoms with van der Waals surface area (Å²) in [4.78, 5) is 148. The van der Waals surface area contributed by atoms with Gasteiger partial charge in [-0.25, -0.2) is 9.59 Å². The van der Waals surface area contributed by atoms with Crippen LogP contribution in [0, 0.1) is 35.5 Å². The molecule has 5 heterocycles. The molecule has 14 rings (SSSR count). The number of primary amides is 1. The molecule has 682 valence electrons. The third-order valence-corrected chi connectivity index (χ3v) is 24.1. The van der Waals surface area contributed by atoms with Crippen LogP contribution in [0.1, 0.15) is 193 Å². The lowest BCUT2D eigenvalue weighted by atomic mass is 9.54. The van der Waals surface area contributed by atoms with E-state index in [1.54, 1.807) is 69.2 Å². The molecule has 9 amide bonds. The highest BCUT2D eigenvalue weighted by Crippen LogP contribution is 2.55. The van der Waals surface area contributed by atoms with E-state index in [0.717, 1.165) is 91.6 Å². The molecule has 36 nitrogen and oxygen atoms in total. The Kier molecular flexibility index (Phi) is 29.6. The Morgan fingerprint density at radius 1 is 0.696 bits per heavy atom. The zero-order chi connectivity index (χ0) is 91.8. The normalized spacial score (nSPS) is 29.0. The number of halogens is 2. The number of amides is 9. The number of nitrogens with one attached hydrogen (secondary N) is 7. The molecule has 18 atom stereocenters. The average Bonchev–Trinajstić information content (AvgIpc) is 0.754. The molecule has 13 bridgehead atoms. The lowest BCUT2D eigenvalue weighted by Crippen LogP contribution is -2.62. The number of hydrogen-bond acceptors (Lipinski definition) is 27. The molecule has 0 spiro atoms. The summed E-state index contributed by atoms with van der Waals surface area (Å²) in [6, 6.07) is -1.94. The van der Waals surface area contributed by atoms with E-state index in [-0.39, 0.29) is 69.9 Å². The lowest BCUT2D eigenvalue weighted by molar-refractivity contribution is -0.308. The molecular weight excluding hydrogens is 1670 g/mol. The predicted octanol–water partition coefficient (Wildman–Crippen LogP) is 5.67. The van der Waals surface area contributed by atoms with Crippen LogP contribution < -0.4 is 62.9 Å². The van der Waals surface area contributed by atoms with E-state index in [2.05, 4.69) is 37.2 Å². The SMILES string of the molecule is CC(C)C[C@H](C(=O)N[C@H]1C(=O)N[C@@H](CC(N)=O)C(=O)N[C@H]2C(=O)N[C@@H](C=O)c3ccc(O)c(c3)C3=C(CC(O)C=C3O)[C@@H](C(=O)NC3C4CC5CC(C4)CC3C5)NC(=O)[C@H](N)C(O)c3ccc(c(Cl)c3)Oc3cc2cc(c3OC2OC(C)C(O)C(O)C2OC(O)CC(C)(NC(=O)OC(C)(C)C)C(O)C(C)C)Oc2ccc(cc2Cl)[C@@H]1O)N(C)C(=O)OC(C)(C)C. The van der Waals surface area contributed by atoms with Gasteiger partial charge in [0, 0.05) is 37.1 Å². The van der Waals surface area contributed by atoms with Crippen LogP contribution in [0.3, 0.4) is 0 Å². The minimum atomic E-state index is -2.33. The number of fused-ring (bicyclic) bond motifs is 16. The van der Waals surface area contributed by atoms with Crippen molar-refractivity contribution in [1.82, 2.24) is 42.1 Å². The van der Waals surface area contributed by atoms with Gasteiger partial charge in [-0.3, -0.25) is 38.5 Å². The molecule has 5 aliphatic carbocycles. The quantitative estimate of drug-likeness (QED) is 0.0397. The van der Waals surface area contributed by atoms with Crippen LogP contribution in [0.4, 0.5) is 9.59 Å². The number of nitrogens with two attached hydrogens (primary N) is 2. The number of carbonyl (C=O) groups excluding carboxylic acids is 10. The standard InChI is InChI=1S/C87H114Cl2N10O26/c1-36(2)20-54(99(13)84(118)125-86(9,10)11)77(112)97-68-71(108)43-16-19-58(51(89)28-43)121-60-30-46-29-59(73(60)123-82-74(72(109)69(106)38(5)119-82)122-62(105)34-87(12,75(110)37(3)4)98-83(117)124-85(6,7)8)120-57-18-15-42(27-50(57)88)70(107)64(91)78(113)96-67(80(115)94-65-44-22-39-21-40(24-44)25-45(65)23-39)49-31-47(101)32-56(103)63(49)48-26-41(14-17-55(48)102)53(35-100)93-79(114)66(46)95-76(111)52(33-61(90)104)92-81(68)116/h14-19,26-30,32,35-40,44-45,47,52-54,62,64-72,74-75,82,101-103,105-110H,20-25,31,33-34,91H2,1-13H3,(H2,90,104)(H,92,116)(H,93,114)(H,94,115)(H,95,111)(H,96,113)(H,97,112)(H,98,117)/t38?,39?,40?,44?,45?,47?,52-,53-,54+,62?,64+,65?,66+,67-,68+,69?,70?,71-,72?,74?,75?,82?,87?/m0/s1. The van der Waals surface area contributed by atoms with Gasteiger partial charge in [-0.05, 0) is 212 Å². The van der Waals surface area contributed by atoms with Crippen LogP contribution >= 0.6 is 23.2 Å². The Labute approximate surface area is 732 Å². The monoisotopic (exact) mass is 1780 g/mol. The van der Waals surface area contributed by atoms with Gasteiger partial charge in [0.2, 0.25) is 53.4 Å². The number of benzene rings is 4. The molecule has 5 fully saturated rings. The lowest BCUT2D eigenvalue weighted by Gasteiger charge is -2.54. The fourth-order valence-corrected chi connectivity index (χ4v) is 18.1. The minimum Gasteiger partial charge on any atom is -0.508 e. The van der Waals surface area contributed by atoms with E-state index in [9.17, 15) is 74.7 Å². The molecule has 125 heavy (non-hydrogen) atoms. The number of nitrogens with zero attached hydrogens (tertiary/aromatic N) is 1. The number of phenols is 1. The summed E-state index contributed by atoms with van der Waals surface area (Å²) in [6.07, 6.45) is -17.5. The van der Waals surface area contributed by atoms with Crippen LogP contribution in [0.25, 0.3) is 5.57 Å². The third kappa shape index (κ3) is 22.4. The Morgan fingerprint density at radius 3 is 1.83 bits per heavy atom. The summed E-state index contributed by atoms with van der Waals surface area (Å²) in [7, 11) is 1.27. The number of rotatable bonds is 19. The number of allylic oxidation sites excluding steroid dienone is 1. The van der Waals surface area contributed by atoms with Crippen LogP contribution in [-0.2, 0) is 57.3 Å². The van der Waals surface area contributed by atoms with Crippen molar-refractivity contribution in [3.05, 3.63) is 122 Å². The molecule has 38 heteroatoms. The van der Waals surface area contributed by atoms with Crippen molar-refractivity contribution >= 4 is 88.6 Å². The molecule has 4 aromatic rings. The van der Waals surface area contributed by atoms with Crippen molar-refractivity contribution < 1.29 is 127 Å². The van der Waals surface area contributed by atoms with Crippen molar-refractivity contribution in [2.45, 2.75) is 267 Å². The van der Waals surface area contributed by atoms with Gasteiger partial charge < -0.3 is 133 Å². The number of likely N-dealkylation sites (N-methyl/N-ethyl adjacent to an activating group) is 1. The molecular formula is C87H114Cl2N10O26. The van der Waals surface area contributed by atoms with E-state index < -0.39 is 255 Å². The summed E-state index contributed by atoms with van der Waals surface area (Å²) < 4.78 is 43.9. The van der Waals surface area contributed by atoms with Crippen molar-refractivity contribution in [3.8, 4) is 34.5 Å². The highest BCUT2D eigenvalue weighted by molar-refractivity contribution is 6.32. The fourth-order valence-electron chi connectivity index (χ4n) is 17.7. The number of aldehydes is 1. The first kappa shape index (κ1) is 95.7. The molecule has 10 unspecified atom stereocenters. The highest BCUT2D eigenvalue weighted by Gasteiger charge is 2.52. The fraction of sp³-hybridized carbons (Fsp3) is 0.563. The van der Waals surface area contributed by atoms with Crippen LogP contribution in [-0.4, -0.2) is 220 Å². The molecule has 0 aromatic heterocycles. The van der Waals surface area contributed by atoms with Gasteiger partial charge in [0.25, 0.3) is 0 Å². The smallest absolute Gasteiger partial charge is 0.410 e. The van der Waals surface area contributed by atoms with Gasteiger partial charge >= 0.3 is 12.2 Å². The third-order valence-electron chi connectivity index (χ3n) is 23.6. The van der Waals surface area contributed by atoms with E-state index >= 15 is 19.2 Å². The van der Waals surface area contributed by atoms with Crippen LogP contribution in [0.2, 0.25) is 10.0 Å². The number of carbonyl (C=O) groups is 10. The summed E-state index contributed by atoms with van der Waals surface area (Å²) in [5, 5.41) is 126. The molecule has 0 radical (unpaired) electrons. The number of aliphatic hydroxyl groups is 8. The number of phenolic OH excluding ortho intramolecular Hbond substituents is 1. The van der Waals surface area contributed by atoms with E-state index in [1.165, 1.54) is 39.1 Å². The van der Waals surface area contributed by atoms with E-state index in [0.29, 0.717) is 11.8 Å². The van der Waals surface area contributed by atoms with E-state index in [4.69, 9.17) is 67.8 Å². The number of ether oxygens (including phenoxy) is 7. The average molecular weight is 1790 g/mol. The number of alkyl carbamates (subject to hydrolysis) is 1. The van der Waals surface area contributed by atoms with Crippen molar-refractivity contribution in [2.75, 3.05) is 7.05 Å². The van der Waals surface area contributed by atoms with Gasteiger partial charge in [-0.2, -0.15) is 0 Å². The predicted molar refractivity (Wildman–Crippen MR) is 448 cm³/mol. The van der Waals surface area contributed by atoms with Crippen molar-refractivity contribution in [2.24, 2.45) is 47.0 Å². The zero-order valence-electron chi connectivity index (χ0n) is 71.5. The molecule has 5 aliphatic heterocycles. The number of aliphatic hydroxyl groups excluding tert-OH is 8. The van der Waals surface area contributed by atoms with E-state index in [1.807, 2.05) is 0 Å². The Bertz CT molecular complexity index is 4800. The summed E-state index contributed by atoms with van der Waals surface area (Å²) in [5.41, 5.74) is 6.65. The summed E-state index contributed by atoms with van der Waals surface area (Å²) in [5.74, 6) is -12.6. The molecule has 20 N–H and O–H groups in total. The van der Waals surface area contributed by atoms with Crippen LogP contribution in [0.15, 0.2) is 84.1 Å². The maximum atomic E-state index is 16.2. The number of aromatic hydroxyl groups is 1. The largest absolute Gasteiger partial charge is 0.508 e. The topological polar surface area (TPSA) is 557 Å². The maximum absolute atomic E-state index is 16.2. The van der Waals surface area contributed by atoms with Crippen molar-refractivity contribution in [3.63, 3.8) is 0 Å². The minimum absolute atomic E-state index is 0.0603. The molecule has 10 aliphatic rings. The second-order valence-electron chi connectivity index (χ2n) is 36.6. The Balaban J connectivity index is 1.12. The van der Waals surface area contributed by atoms with Gasteiger partial charge in [-0.15, -0.1) is 0 Å². The second kappa shape index (κ2) is 38.7. The Morgan fingerprint density at radius 2 is 1.28 bits per heavy atom. The van der Waals surface area contributed by atoms with Gasteiger partial charge in [0.15, 0.2) is 23.9 Å².